The van der Waals surface area contributed by atoms with Crippen LogP contribution >= 0.6 is 7.92 Å². The van der Waals surface area contributed by atoms with Gasteiger partial charge < -0.3 is 0 Å². The predicted octanol–water partition coefficient (Wildman–Crippen LogP) is 5.19. The molecule has 3 aromatic rings. The van der Waals surface area contributed by atoms with Gasteiger partial charge in [-0.15, -0.1) is 0 Å². The van der Waals surface area contributed by atoms with Crippen LogP contribution in [0.5, 0.6) is 0 Å². The highest BCUT2D eigenvalue weighted by molar-refractivity contribution is 7.88. The second-order valence-electron chi connectivity index (χ2n) is 6.45. The molecular formula is C23H23OP. The lowest BCUT2D eigenvalue weighted by Crippen LogP contribution is -2.20. The third kappa shape index (κ3) is 3.43. The Morgan fingerprint density at radius 3 is 1.48 bits per heavy atom. The van der Waals surface area contributed by atoms with E-state index in [9.17, 15) is 4.79 Å². The van der Waals surface area contributed by atoms with Crippen LogP contribution in [0.25, 0.3) is 0 Å². The molecule has 0 aliphatic heterocycles. The summed E-state index contributed by atoms with van der Waals surface area (Å²) in [6.45, 7) is 8.31. The number of benzene rings is 3. The van der Waals surface area contributed by atoms with E-state index in [1.807, 2.05) is 36.4 Å². The van der Waals surface area contributed by atoms with E-state index in [0.717, 1.165) is 27.3 Å². The first kappa shape index (κ1) is 17.6. The molecule has 2 heteroatoms. The Balaban J connectivity index is 2.20. The van der Waals surface area contributed by atoms with Crippen molar-refractivity contribution in [2.75, 3.05) is 0 Å². The summed E-state index contributed by atoms with van der Waals surface area (Å²) >= 11 is 0. The van der Waals surface area contributed by atoms with Crippen LogP contribution in [0.4, 0.5) is 0 Å². The van der Waals surface area contributed by atoms with Crippen LogP contribution in [0.2, 0.25) is 0 Å². The molecule has 0 N–H and O–H groups in total. The Labute approximate surface area is 151 Å². The summed E-state index contributed by atoms with van der Waals surface area (Å²) in [5.41, 5.74) is 5.72. The number of rotatable bonds is 4. The Morgan fingerprint density at radius 1 is 0.680 bits per heavy atom. The van der Waals surface area contributed by atoms with E-state index in [2.05, 4.69) is 58.0 Å². The van der Waals surface area contributed by atoms with Crippen LogP contribution in [0.3, 0.4) is 0 Å². The molecule has 3 rings (SSSR count). The number of hydrogen-bond donors (Lipinski definition) is 0. The van der Waals surface area contributed by atoms with Crippen LogP contribution in [0, 0.1) is 27.7 Å². The SMILES string of the molecule is Cc1cc(C)c(C)c(C(=O)P(c2ccccc2)c2ccccc2)c1C. The summed E-state index contributed by atoms with van der Waals surface area (Å²) in [6, 6.07) is 22.5. The fourth-order valence-corrected chi connectivity index (χ4v) is 5.45. The lowest BCUT2D eigenvalue weighted by Gasteiger charge is -2.21. The van der Waals surface area contributed by atoms with Gasteiger partial charge in [0.1, 0.15) is 0 Å². The maximum atomic E-state index is 13.7. The van der Waals surface area contributed by atoms with Gasteiger partial charge in [0.15, 0.2) is 5.52 Å². The molecule has 0 aliphatic carbocycles. The first-order valence-electron chi connectivity index (χ1n) is 8.52. The zero-order chi connectivity index (χ0) is 18.0. The van der Waals surface area contributed by atoms with Crippen molar-refractivity contribution in [2.24, 2.45) is 0 Å². The fourth-order valence-electron chi connectivity index (χ4n) is 3.19. The molecule has 1 nitrogen and oxygen atoms in total. The highest BCUT2D eigenvalue weighted by atomic mass is 31.1. The summed E-state index contributed by atoms with van der Waals surface area (Å²) in [6.07, 6.45) is 0. The van der Waals surface area contributed by atoms with Crippen LogP contribution in [0.1, 0.15) is 32.6 Å². The molecule has 0 aliphatic rings. The quantitative estimate of drug-likeness (QED) is 0.594. The van der Waals surface area contributed by atoms with Crippen LogP contribution in [-0.2, 0) is 0 Å². The van der Waals surface area contributed by atoms with E-state index in [0.29, 0.717) is 0 Å². The van der Waals surface area contributed by atoms with E-state index >= 15 is 0 Å². The first-order chi connectivity index (χ1) is 12.0. The van der Waals surface area contributed by atoms with Gasteiger partial charge in [0.2, 0.25) is 0 Å². The summed E-state index contributed by atoms with van der Waals surface area (Å²) in [7, 11) is -1.08. The Bertz CT molecular complexity index is 833. The molecule has 0 heterocycles. The third-order valence-electron chi connectivity index (χ3n) is 4.81. The van der Waals surface area contributed by atoms with E-state index in [1.54, 1.807) is 0 Å². The second-order valence-corrected chi connectivity index (χ2v) is 8.56. The molecule has 0 radical (unpaired) electrons. The zero-order valence-corrected chi connectivity index (χ0v) is 16.1. The Hall–Kier alpha value is -2.24. The first-order valence-corrected chi connectivity index (χ1v) is 9.87. The van der Waals surface area contributed by atoms with Crippen molar-refractivity contribution in [1.29, 1.82) is 0 Å². The van der Waals surface area contributed by atoms with Gasteiger partial charge >= 0.3 is 0 Å². The van der Waals surface area contributed by atoms with Gasteiger partial charge in [0, 0.05) is 13.5 Å². The highest BCUT2D eigenvalue weighted by Crippen LogP contribution is 2.40. The van der Waals surface area contributed by atoms with E-state index in [-0.39, 0.29) is 5.52 Å². The molecule has 0 unspecified atom stereocenters. The number of carbonyl (C=O) groups is 1. The Morgan fingerprint density at radius 2 is 1.08 bits per heavy atom. The van der Waals surface area contributed by atoms with E-state index < -0.39 is 7.92 Å². The molecule has 0 atom stereocenters. The lowest BCUT2D eigenvalue weighted by molar-refractivity contribution is 0.108. The average molecular weight is 346 g/mol. The summed E-state index contributed by atoms with van der Waals surface area (Å²) in [4.78, 5) is 13.7. The zero-order valence-electron chi connectivity index (χ0n) is 15.2. The van der Waals surface area contributed by atoms with Crippen LogP contribution < -0.4 is 10.6 Å². The van der Waals surface area contributed by atoms with E-state index in [4.69, 9.17) is 0 Å². The lowest BCUT2D eigenvalue weighted by atomic mass is 9.95. The van der Waals surface area contributed by atoms with E-state index in [1.165, 1.54) is 11.1 Å². The smallest absolute Gasteiger partial charge is 0.193 e. The van der Waals surface area contributed by atoms with Gasteiger partial charge in [-0.1, -0.05) is 66.7 Å². The third-order valence-corrected chi connectivity index (χ3v) is 7.07. The minimum absolute atomic E-state index is 0.245. The molecule has 3 aromatic carbocycles. The summed E-state index contributed by atoms with van der Waals surface area (Å²) < 4.78 is 0. The number of hydrogen-bond acceptors (Lipinski definition) is 1. The van der Waals surface area contributed by atoms with Gasteiger partial charge in [-0.25, -0.2) is 0 Å². The van der Waals surface area contributed by atoms with Crippen molar-refractivity contribution in [3.63, 3.8) is 0 Å². The molecular weight excluding hydrogens is 323 g/mol. The molecule has 0 spiro atoms. The molecule has 126 valence electrons. The maximum Gasteiger partial charge on any atom is 0.193 e. The number of aryl methyl sites for hydroxylation is 2. The standard InChI is InChI=1S/C23H23OP/c1-16-15-17(2)19(4)22(18(16)3)23(24)25(20-11-7-5-8-12-20)21-13-9-6-10-14-21/h5-15H,1-4H3. The largest absolute Gasteiger partial charge is 0.288 e. The molecule has 0 bridgehead atoms. The average Bonchev–Trinajstić information content (AvgIpc) is 2.62. The minimum Gasteiger partial charge on any atom is -0.288 e. The Kier molecular flexibility index (Phi) is 5.16. The van der Waals surface area contributed by atoms with Gasteiger partial charge in [0.25, 0.3) is 0 Å². The predicted molar refractivity (Wildman–Crippen MR) is 109 cm³/mol. The van der Waals surface area contributed by atoms with Crippen molar-refractivity contribution >= 4 is 24.1 Å². The van der Waals surface area contributed by atoms with Crippen molar-refractivity contribution < 1.29 is 4.79 Å². The molecule has 0 aromatic heterocycles. The van der Waals surface area contributed by atoms with Gasteiger partial charge in [0.05, 0.1) is 0 Å². The highest BCUT2D eigenvalue weighted by Gasteiger charge is 2.27. The summed E-state index contributed by atoms with van der Waals surface area (Å²) in [5.74, 6) is 0. The molecule has 0 saturated heterocycles. The van der Waals surface area contributed by atoms with Crippen molar-refractivity contribution in [3.05, 3.63) is 94.5 Å². The second kappa shape index (κ2) is 7.33. The van der Waals surface area contributed by atoms with Crippen molar-refractivity contribution in [2.45, 2.75) is 27.7 Å². The van der Waals surface area contributed by atoms with Gasteiger partial charge in [-0.05, 0) is 60.6 Å². The molecule has 0 fully saturated rings. The maximum absolute atomic E-state index is 13.7. The fraction of sp³-hybridized carbons (Fsp3) is 0.174. The summed E-state index contributed by atoms with van der Waals surface area (Å²) in [5, 5.41) is 2.21. The number of carbonyl (C=O) groups excluding carboxylic acids is 1. The van der Waals surface area contributed by atoms with Crippen LogP contribution in [0.15, 0.2) is 66.7 Å². The van der Waals surface area contributed by atoms with Crippen LogP contribution in [-0.4, -0.2) is 5.52 Å². The van der Waals surface area contributed by atoms with Crippen molar-refractivity contribution in [1.82, 2.24) is 0 Å². The van der Waals surface area contributed by atoms with Gasteiger partial charge in [-0.2, -0.15) is 0 Å². The normalized spacial score (nSPS) is 10.9. The molecule has 0 amide bonds. The van der Waals surface area contributed by atoms with Crippen molar-refractivity contribution in [3.8, 4) is 0 Å². The minimum atomic E-state index is -1.08. The topological polar surface area (TPSA) is 17.1 Å². The monoisotopic (exact) mass is 346 g/mol. The molecule has 25 heavy (non-hydrogen) atoms. The molecule has 0 saturated carbocycles. The van der Waals surface area contributed by atoms with Gasteiger partial charge in [-0.3, -0.25) is 4.79 Å².